The smallest absolute Gasteiger partial charge is 0.287 e. The molecule has 2 aromatic rings. The van der Waals surface area contributed by atoms with Crippen molar-refractivity contribution in [1.29, 1.82) is 5.26 Å². The Morgan fingerprint density at radius 2 is 1.96 bits per heavy atom. The zero-order chi connectivity index (χ0) is 16.4. The molecule has 116 valence electrons. The zero-order valence-corrected chi connectivity index (χ0v) is 12.9. The highest BCUT2D eigenvalue weighted by Gasteiger charge is 2.44. The van der Waals surface area contributed by atoms with Crippen molar-refractivity contribution in [2.24, 2.45) is 0 Å². The molecule has 23 heavy (non-hydrogen) atoms. The lowest BCUT2D eigenvalue weighted by atomic mass is 9.95. The number of nitro benzene ring substituents is 1. The van der Waals surface area contributed by atoms with Gasteiger partial charge in [0, 0.05) is 30.8 Å². The topological polar surface area (TPSA) is 70.2 Å². The van der Waals surface area contributed by atoms with Crippen LogP contribution in [0.25, 0.3) is 0 Å². The van der Waals surface area contributed by atoms with Crippen molar-refractivity contribution >= 4 is 11.4 Å². The van der Waals surface area contributed by atoms with Crippen LogP contribution >= 0.6 is 0 Å². The fraction of sp³-hybridized carbons (Fsp3) is 0.278. The minimum atomic E-state index is -0.519. The van der Waals surface area contributed by atoms with E-state index in [4.69, 9.17) is 5.26 Å². The quantitative estimate of drug-likeness (QED) is 0.624. The fourth-order valence-corrected chi connectivity index (χ4v) is 3.04. The molecule has 0 N–H and O–H groups in total. The van der Waals surface area contributed by atoms with Gasteiger partial charge in [-0.2, -0.15) is 5.26 Å². The van der Waals surface area contributed by atoms with E-state index in [-0.39, 0.29) is 16.7 Å². The van der Waals surface area contributed by atoms with Crippen LogP contribution in [0.2, 0.25) is 0 Å². The minimum Gasteiger partial charge on any atom is -0.374 e. The third-order valence-corrected chi connectivity index (χ3v) is 4.52. The standard InChI is InChI=1S/C18H17N3O2/c1-20(13-18(9-10-18)15-5-3-2-4-6-15)16-7-8-17(21(22)23)14(11-16)12-19/h2-8,11H,9-10,13H2,1H3. The van der Waals surface area contributed by atoms with Crippen LogP contribution in [0.5, 0.6) is 0 Å². The van der Waals surface area contributed by atoms with E-state index in [0.717, 1.165) is 25.1 Å². The number of hydrogen-bond donors (Lipinski definition) is 0. The van der Waals surface area contributed by atoms with Crippen molar-refractivity contribution in [3.8, 4) is 6.07 Å². The van der Waals surface area contributed by atoms with Crippen molar-refractivity contribution in [3.63, 3.8) is 0 Å². The highest BCUT2D eigenvalue weighted by Crippen LogP contribution is 2.49. The number of nitrogens with zero attached hydrogens (tertiary/aromatic N) is 3. The Morgan fingerprint density at radius 3 is 2.52 bits per heavy atom. The molecule has 1 fully saturated rings. The molecule has 1 aliphatic rings. The maximum Gasteiger partial charge on any atom is 0.287 e. The third kappa shape index (κ3) is 2.88. The van der Waals surface area contributed by atoms with Crippen LogP contribution in [-0.2, 0) is 5.41 Å². The van der Waals surface area contributed by atoms with Crippen molar-refractivity contribution in [2.75, 3.05) is 18.5 Å². The molecule has 0 spiro atoms. The van der Waals surface area contributed by atoms with E-state index in [1.54, 1.807) is 12.1 Å². The van der Waals surface area contributed by atoms with Gasteiger partial charge in [0.1, 0.15) is 11.6 Å². The maximum atomic E-state index is 10.9. The number of rotatable bonds is 5. The summed E-state index contributed by atoms with van der Waals surface area (Å²) >= 11 is 0. The molecular weight excluding hydrogens is 290 g/mol. The van der Waals surface area contributed by atoms with Gasteiger partial charge in [-0.1, -0.05) is 30.3 Å². The van der Waals surface area contributed by atoms with E-state index in [0.29, 0.717) is 0 Å². The Kier molecular flexibility index (Phi) is 3.75. The molecule has 0 radical (unpaired) electrons. The normalized spacial score (nSPS) is 14.8. The van der Waals surface area contributed by atoms with Crippen molar-refractivity contribution < 1.29 is 4.92 Å². The Morgan fingerprint density at radius 1 is 1.26 bits per heavy atom. The first-order valence-electron chi connectivity index (χ1n) is 7.51. The highest BCUT2D eigenvalue weighted by molar-refractivity contribution is 5.60. The lowest BCUT2D eigenvalue weighted by molar-refractivity contribution is -0.385. The van der Waals surface area contributed by atoms with E-state index >= 15 is 0 Å². The molecular formula is C18H17N3O2. The molecule has 0 amide bonds. The summed E-state index contributed by atoms with van der Waals surface area (Å²) in [6.07, 6.45) is 2.28. The Bertz CT molecular complexity index is 777. The minimum absolute atomic E-state index is 0.101. The average molecular weight is 307 g/mol. The summed E-state index contributed by atoms with van der Waals surface area (Å²) in [4.78, 5) is 12.5. The Hall–Kier alpha value is -2.87. The molecule has 0 unspecified atom stereocenters. The number of nitriles is 1. The number of benzene rings is 2. The van der Waals surface area contributed by atoms with Crippen molar-refractivity contribution in [1.82, 2.24) is 0 Å². The lowest BCUT2D eigenvalue weighted by Crippen LogP contribution is -2.29. The van der Waals surface area contributed by atoms with Crippen LogP contribution in [-0.4, -0.2) is 18.5 Å². The highest BCUT2D eigenvalue weighted by atomic mass is 16.6. The predicted octanol–water partition coefficient (Wildman–Crippen LogP) is 3.63. The second kappa shape index (κ2) is 5.73. The number of anilines is 1. The molecule has 0 aromatic heterocycles. The summed E-state index contributed by atoms with van der Waals surface area (Å²) in [5.74, 6) is 0. The van der Waals surface area contributed by atoms with Crippen LogP contribution in [0, 0.1) is 21.4 Å². The molecule has 0 heterocycles. The van der Waals surface area contributed by atoms with Crippen LogP contribution in [0.15, 0.2) is 48.5 Å². The van der Waals surface area contributed by atoms with Crippen LogP contribution in [0.4, 0.5) is 11.4 Å². The Balaban J connectivity index is 1.83. The van der Waals surface area contributed by atoms with E-state index in [9.17, 15) is 10.1 Å². The van der Waals surface area contributed by atoms with E-state index < -0.39 is 4.92 Å². The van der Waals surface area contributed by atoms with Gasteiger partial charge in [0.15, 0.2) is 0 Å². The lowest BCUT2D eigenvalue weighted by Gasteiger charge is -2.26. The van der Waals surface area contributed by atoms with Crippen LogP contribution in [0.3, 0.4) is 0 Å². The molecule has 0 bridgehead atoms. The summed E-state index contributed by atoms with van der Waals surface area (Å²) in [5, 5.41) is 20.0. The number of likely N-dealkylation sites (N-methyl/N-ethyl adjacent to an activating group) is 1. The SMILES string of the molecule is CN(CC1(c2ccccc2)CC1)c1ccc([N+](=O)[O-])c(C#N)c1. The van der Waals surface area contributed by atoms with Gasteiger partial charge in [0.25, 0.3) is 5.69 Å². The van der Waals surface area contributed by atoms with Gasteiger partial charge in [0.2, 0.25) is 0 Å². The first kappa shape index (κ1) is 15.0. The van der Waals surface area contributed by atoms with Crippen molar-refractivity contribution in [2.45, 2.75) is 18.3 Å². The summed E-state index contributed by atoms with van der Waals surface area (Å²) in [7, 11) is 1.96. The van der Waals surface area contributed by atoms with Gasteiger partial charge in [-0.25, -0.2) is 0 Å². The molecule has 5 heteroatoms. The summed E-state index contributed by atoms with van der Waals surface area (Å²) in [6.45, 7) is 0.833. The fourth-order valence-electron chi connectivity index (χ4n) is 3.04. The molecule has 0 atom stereocenters. The van der Waals surface area contributed by atoms with E-state index in [1.807, 2.05) is 19.2 Å². The van der Waals surface area contributed by atoms with E-state index in [1.165, 1.54) is 11.6 Å². The summed E-state index contributed by atoms with van der Waals surface area (Å²) < 4.78 is 0. The van der Waals surface area contributed by atoms with Crippen LogP contribution < -0.4 is 4.90 Å². The number of nitro groups is 1. The van der Waals surface area contributed by atoms with Gasteiger partial charge in [-0.3, -0.25) is 10.1 Å². The van der Waals surface area contributed by atoms with Gasteiger partial charge < -0.3 is 4.90 Å². The second-order valence-electron chi connectivity index (χ2n) is 6.07. The third-order valence-electron chi connectivity index (χ3n) is 4.52. The summed E-state index contributed by atoms with van der Waals surface area (Å²) in [6, 6.07) is 17.0. The molecule has 0 aliphatic heterocycles. The molecule has 5 nitrogen and oxygen atoms in total. The molecule has 0 saturated heterocycles. The molecule has 1 saturated carbocycles. The maximum absolute atomic E-state index is 10.9. The monoisotopic (exact) mass is 307 g/mol. The van der Waals surface area contributed by atoms with Gasteiger partial charge in [0.05, 0.1) is 4.92 Å². The number of hydrogen-bond acceptors (Lipinski definition) is 4. The zero-order valence-electron chi connectivity index (χ0n) is 12.9. The molecule has 3 rings (SSSR count). The summed E-state index contributed by atoms with van der Waals surface area (Å²) in [5.41, 5.74) is 2.27. The Labute approximate surface area is 134 Å². The largest absolute Gasteiger partial charge is 0.374 e. The van der Waals surface area contributed by atoms with E-state index in [2.05, 4.69) is 29.2 Å². The second-order valence-corrected chi connectivity index (χ2v) is 6.07. The van der Waals surface area contributed by atoms with Gasteiger partial charge in [-0.15, -0.1) is 0 Å². The molecule has 2 aromatic carbocycles. The van der Waals surface area contributed by atoms with Gasteiger partial charge in [-0.05, 0) is 30.5 Å². The predicted molar refractivity (Wildman–Crippen MR) is 88.4 cm³/mol. The van der Waals surface area contributed by atoms with Gasteiger partial charge >= 0.3 is 0 Å². The first-order chi connectivity index (χ1) is 11.1. The average Bonchev–Trinajstić information content (AvgIpc) is 3.35. The molecule has 1 aliphatic carbocycles. The first-order valence-corrected chi connectivity index (χ1v) is 7.51. The van der Waals surface area contributed by atoms with Crippen molar-refractivity contribution in [3.05, 3.63) is 69.8 Å². The van der Waals surface area contributed by atoms with Crippen LogP contribution in [0.1, 0.15) is 24.0 Å².